The van der Waals surface area contributed by atoms with Crippen LogP contribution in [0.4, 0.5) is 11.7 Å². The van der Waals surface area contributed by atoms with E-state index in [1.54, 1.807) is 12.1 Å². The maximum absolute atomic E-state index is 8.64. The van der Waals surface area contributed by atoms with Crippen LogP contribution >= 0.6 is 0 Å². The number of aryl methyl sites for hydroxylation is 1. The second-order valence-electron chi connectivity index (χ2n) is 2.94. The lowest BCUT2D eigenvalue weighted by Crippen LogP contribution is -1.94. The normalized spacial score (nSPS) is 9.60. The van der Waals surface area contributed by atoms with Crippen molar-refractivity contribution in [3.05, 3.63) is 36.0 Å². The summed E-state index contributed by atoms with van der Waals surface area (Å²) in [6.07, 6.45) is 1.33. The molecule has 0 unspecified atom stereocenters. The molecular weight excluding hydrogens is 192 g/mol. The highest BCUT2D eigenvalue weighted by Crippen LogP contribution is 2.16. The molecule has 0 aliphatic rings. The minimum absolute atomic E-state index is 0.316. The molecule has 0 fully saturated rings. The number of nitrogens with one attached hydrogen (secondary N) is 1. The molecule has 0 radical (unpaired) electrons. The number of rotatable bonds is 2. The molecule has 0 saturated carbocycles. The highest BCUT2D eigenvalue weighted by molar-refractivity contribution is 5.51. The van der Waals surface area contributed by atoms with E-state index >= 15 is 0 Å². The number of hydrogen-bond donors (Lipinski definition) is 1. The maximum Gasteiger partial charge on any atom is 0.198 e. The molecule has 0 aromatic carbocycles. The Kier molecular flexibility index (Phi) is 2.33. The van der Waals surface area contributed by atoms with Gasteiger partial charge in [0.05, 0.1) is 0 Å². The zero-order valence-corrected chi connectivity index (χ0v) is 8.06. The van der Waals surface area contributed by atoms with Crippen molar-refractivity contribution in [2.24, 2.45) is 0 Å². The molecule has 0 aliphatic carbocycles. The zero-order valence-electron chi connectivity index (χ0n) is 8.06. The van der Waals surface area contributed by atoms with Gasteiger partial charge in [0, 0.05) is 12.1 Å². The van der Waals surface area contributed by atoms with E-state index < -0.39 is 0 Å². The molecule has 5 nitrogen and oxygen atoms in total. The summed E-state index contributed by atoms with van der Waals surface area (Å²) in [5, 5.41) is 11.6. The highest BCUT2D eigenvalue weighted by Gasteiger charge is 2.01. The second-order valence-corrected chi connectivity index (χ2v) is 2.94. The summed E-state index contributed by atoms with van der Waals surface area (Å²) >= 11 is 0. The molecule has 0 spiro atoms. The summed E-state index contributed by atoms with van der Waals surface area (Å²) in [6.45, 7) is 1.85. The molecule has 0 saturated heterocycles. The fourth-order valence-corrected chi connectivity index (χ4v) is 1.11. The number of hydrogen-bond acceptors (Lipinski definition) is 5. The molecule has 5 heteroatoms. The van der Waals surface area contributed by atoms with Crippen molar-refractivity contribution < 1.29 is 4.42 Å². The lowest BCUT2D eigenvalue weighted by atomic mass is 10.4. The van der Waals surface area contributed by atoms with Crippen molar-refractivity contribution in [3.63, 3.8) is 0 Å². The minimum Gasteiger partial charge on any atom is -0.446 e. The first-order valence-corrected chi connectivity index (χ1v) is 4.33. The standard InChI is InChI=1S/C10H8N4O/c1-7-2-3-10(15-7)14-9-4-8(5-11)12-6-13-9/h2-4,6H,1H3,(H,12,13,14). The van der Waals surface area contributed by atoms with Crippen molar-refractivity contribution in [2.75, 3.05) is 5.32 Å². The van der Waals surface area contributed by atoms with E-state index in [4.69, 9.17) is 9.68 Å². The van der Waals surface area contributed by atoms with E-state index in [9.17, 15) is 0 Å². The first kappa shape index (κ1) is 9.21. The van der Waals surface area contributed by atoms with Gasteiger partial charge in [0.1, 0.15) is 29.7 Å². The number of anilines is 2. The molecule has 1 N–H and O–H groups in total. The Labute approximate surface area is 86.4 Å². The number of furan rings is 1. The largest absolute Gasteiger partial charge is 0.446 e. The van der Waals surface area contributed by atoms with Crippen LogP contribution in [0.1, 0.15) is 11.5 Å². The van der Waals surface area contributed by atoms with Gasteiger partial charge in [0.2, 0.25) is 0 Å². The van der Waals surface area contributed by atoms with Crippen molar-refractivity contribution in [1.82, 2.24) is 9.97 Å². The van der Waals surface area contributed by atoms with Crippen molar-refractivity contribution in [2.45, 2.75) is 6.92 Å². The van der Waals surface area contributed by atoms with Crippen LogP contribution in [0.2, 0.25) is 0 Å². The average Bonchev–Trinajstić information content (AvgIpc) is 2.64. The van der Waals surface area contributed by atoms with Gasteiger partial charge >= 0.3 is 0 Å². The van der Waals surface area contributed by atoms with Gasteiger partial charge in [-0.3, -0.25) is 0 Å². The monoisotopic (exact) mass is 200 g/mol. The quantitative estimate of drug-likeness (QED) is 0.802. The molecular formula is C10H8N4O. The molecule has 0 amide bonds. The Bertz CT molecular complexity index is 512. The van der Waals surface area contributed by atoms with Gasteiger partial charge in [-0.2, -0.15) is 5.26 Å². The third-order valence-electron chi connectivity index (χ3n) is 1.77. The van der Waals surface area contributed by atoms with Crippen LogP contribution in [-0.4, -0.2) is 9.97 Å². The Morgan fingerprint density at radius 1 is 1.40 bits per heavy atom. The topological polar surface area (TPSA) is 74.7 Å². The van der Waals surface area contributed by atoms with E-state index in [-0.39, 0.29) is 0 Å². The highest BCUT2D eigenvalue weighted by atomic mass is 16.4. The van der Waals surface area contributed by atoms with Crippen molar-refractivity contribution in [3.8, 4) is 6.07 Å². The van der Waals surface area contributed by atoms with Crippen LogP contribution in [0.15, 0.2) is 28.9 Å². The fourth-order valence-electron chi connectivity index (χ4n) is 1.11. The fraction of sp³-hybridized carbons (Fsp3) is 0.100. The van der Waals surface area contributed by atoms with E-state index in [0.29, 0.717) is 17.4 Å². The molecule has 74 valence electrons. The van der Waals surface area contributed by atoms with Crippen LogP contribution in [-0.2, 0) is 0 Å². The van der Waals surface area contributed by atoms with E-state index in [0.717, 1.165) is 5.76 Å². The average molecular weight is 200 g/mol. The van der Waals surface area contributed by atoms with Crippen LogP contribution < -0.4 is 5.32 Å². The smallest absolute Gasteiger partial charge is 0.198 e. The summed E-state index contributed by atoms with van der Waals surface area (Å²) in [6, 6.07) is 7.13. The van der Waals surface area contributed by atoms with Gasteiger partial charge in [-0.25, -0.2) is 9.97 Å². The van der Waals surface area contributed by atoms with Crippen LogP contribution in [0.5, 0.6) is 0 Å². The van der Waals surface area contributed by atoms with E-state index in [1.165, 1.54) is 6.33 Å². The lowest BCUT2D eigenvalue weighted by molar-refractivity contribution is 0.551. The molecule has 2 rings (SSSR count). The molecule has 0 atom stereocenters. The number of nitrogens with zero attached hydrogens (tertiary/aromatic N) is 3. The Morgan fingerprint density at radius 3 is 2.93 bits per heavy atom. The van der Waals surface area contributed by atoms with E-state index in [1.807, 2.05) is 19.1 Å². The Balaban J connectivity index is 2.21. The van der Waals surface area contributed by atoms with Crippen LogP contribution in [0, 0.1) is 18.3 Å². The summed E-state index contributed by atoms with van der Waals surface area (Å²) in [5.41, 5.74) is 0.316. The number of nitriles is 1. The van der Waals surface area contributed by atoms with Gasteiger partial charge in [0.15, 0.2) is 5.88 Å². The summed E-state index contributed by atoms with van der Waals surface area (Å²) in [4.78, 5) is 7.72. The van der Waals surface area contributed by atoms with Crippen molar-refractivity contribution >= 4 is 11.7 Å². The Morgan fingerprint density at radius 2 is 2.27 bits per heavy atom. The predicted molar refractivity (Wildman–Crippen MR) is 53.5 cm³/mol. The van der Waals surface area contributed by atoms with Gasteiger partial charge < -0.3 is 9.73 Å². The molecule has 15 heavy (non-hydrogen) atoms. The van der Waals surface area contributed by atoms with Crippen molar-refractivity contribution in [1.29, 1.82) is 5.26 Å². The van der Waals surface area contributed by atoms with Gasteiger partial charge in [-0.05, 0) is 13.0 Å². The zero-order chi connectivity index (χ0) is 10.7. The lowest BCUT2D eigenvalue weighted by Gasteiger charge is -2.00. The van der Waals surface area contributed by atoms with Crippen LogP contribution in [0.3, 0.4) is 0 Å². The van der Waals surface area contributed by atoms with Gasteiger partial charge in [0.25, 0.3) is 0 Å². The first-order chi connectivity index (χ1) is 7.28. The summed E-state index contributed by atoms with van der Waals surface area (Å²) in [7, 11) is 0. The molecule has 2 aromatic heterocycles. The second kappa shape index (κ2) is 3.80. The SMILES string of the molecule is Cc1ccc(Nc2cc(C#N)ncn2)o1. The summed E-state index contributed by atoms with van der Waals surface area (Å²) < 4.78 is 5.31. The van der Waals surface area contributed by atoms with Gasteiger partial charge in [-0.1, -0.05) is 0 Å². The van der Waals surface area contributed by atoms with Crippen LogP contribution in [0.25, 0.3) is 0 Å². The first-order valence-electron chi connectivity index (χ1n) is 4.33. The van der Waals surface area contributed by atoms with E-state index in [2.05, 4.69) is 15.3 Å². The molecule has 0 bridgehead atoms. The predicted octanol–water partition coefficient (Wildman–Crippen LogP) is 1.99. The third-order valence-corrected chi connectivity index (χ3v) is 1.77. The van der Waals surface area contributed by atoms with Gasteiger partial charge in [-0.15, -0.1) is 0 Å². The number of aromatic nitrogens is 2. The Hall–Kier alpha value is -2.35. The maximum atomic E-state index is 8.64. The third kappa shape index (κ3) is 2.11. The molecule has 0 aliphatic heterocycles. The molecule has 2 heterocycles. The minimum atomic E-state index is 0.316. The summed E-state index contributed by atoms with van der Waals surface area (Å²) in [5.74, 6) is 1.94. The molecule has 2 aromatic rings.